The van der Waals surface area contributed by atoms with E-state index in [0.717, 1.165) is 5.56 Å². The summed E-state index contributed by atoms with van der Waals surface area (Å²) in [6.07, 6.45) is 0.662. The number of hydrogen-bond donors (Lipinski definition) is 3. The Morgan fingerprint density at radius 2 is 1.85 bits per heavy atom. The summed E-state index contributed by atoms with van der Waals surface area (Å²) in [5, 5.41) is 15.4. The van der Waals surface area contributed by atoms with Crippen LogP contribution in [0.1, 0.15) is 5.56 Å². The molecule has 0 amide bonds. The van der Waals surface area contributed by atoms with E-state index in [1.54, 1.807) is 7.05 Å². The Labute approximate surface area is 122 Å². The van der Waals surface area contributed by atoms with Crippen LogP contribution in [-0.2, 0) is 6.42 Å². The van der Waals surface area contributed by atoms with Crippen molar-refractivity contribution in [2.75, 3.05) is 24.3 Å². The fraction of sp³-hybridized carbons (Fsp3) is 0.308. The predicted molar refractivity (Wildman–Crippen MR) is 79.0 cm³/mol. The van der Waals surface area contributed by atoms with Crippen molar-refractivity contribution in [3.63, 3.8) is 0 Å². The van der Waals surface area contributed by atoms with Crippen LogP contribution >= 0.6 is 11.6 Å². The minimum Gasteiger partial charge on any atom is -0.394 e. The van der Waals surface area contributed by atoms with Gasteiger partial charge in [-0.05, 0) is 23.6 Å². The highest BCUT2D eigenvalue weighted by atomic mass is 35.5. The monoisotopic (exact) mass is 293 g/mol. The highest BCUT2D eigenvalue weighted by Gasteiger charge is 2.11. The van der Waals surface area contributed by atoms with Crippen LogP contribution in [-0.4, -0.2) is 39.8 Å². The molecule has 1 aromatic heterocycles. The fourth-order valence-electron chi connectivity index (χ4n) is 1.77. The van der Waals surface area contributed by atoms with Gasteiger partial charge in [0, 0.05) is 7.05 Å². The molecule has 2 aromatic rings. The first-order chi connectivity index (χ1) is 9.71. The van der Waals surface area contributed by atoms with Crippen molar-refractivity contribution < 1.29 is 5.11 Å². The Balaban J connectivity index is 2.08. The lowest BCUT2D eigenvalue weighted by Gasteiger charge is -2.16. The van der Waals surface area contributed by atoms with E-state index in [4.69, 9.17) is 11.6 Å². The summed E-state index contributed by atoms with van der Waals surface area (Å²) >= 11 is 5.81. The molecule has 6 nitrogen and oxygen atoms in total. The summed E-state index contributed by atoms with van der Waals surface area (Å²) < 4.78 is 0. The van der Waals surface area contributed by atoms with E-state index < -0.39 is 0 Å². The van der Waals surface area contributed by atoms with Gasteiger partial charge in [-0.1, -0.05) is 30.3 Å². The molecule has 0 fully saturated rings. The van der Waals surface area contributed by atoms with Crippen molar-refractivity contribution in [2.45, 2.75) is 12.5 Å². The number of aliphatic hydroxyl groups excluding tert-OH is 1. The Kier molecular flexibility index (Phi) is 5.09. The van der Waals surface area contributed by atoms with E-state index >= 15 is 0 Å². The van der Waals surface area contributed by atoms with Crippen LogP contribution in [0.15, 0.2) is 30.3 Å². The van der Waals surface area contributed by atoms with Crippen molar-refractivity contribution >= 4 is 23.5 Å². The number of anilines is 2. The molecule has 1 unspecified atom stereocenters. The lowest BCUT2D eigenvalue weighted by molar-refractivity contribution is 0.273. The summed E-state index contributed by atoms with van der Waals surface area (Å²) in [7, 11) is 1.70. The second-order valence-electron chi connectivity index (χ2n) is 4.22. The predicted octanol–water partition coefficient (Wildman–Crippen LogP) is 1.58. The van der Waals surface area contributed by atoms with E-state index in [1.165, 1.54) is 0 Å². The first-order valence-electron chi connectivity index (χ1n) is 6.22. The molecule has 20 heavy (non-hydrogen) atoms. The minimum absolute atomic E-state index is 0.0346. The van der Waals surface area contributed by atoms with Gasteiger partial charge in [-0.25, -0.2) is 0 Å². The van der Waals surface area contributed by atoms with Gasteiger partial charge in [0.15, 0.2) is 0 Å². The Bertz CT molecular complexity index is 552. The molecule has 1 atom stereocenters. The zero-order valence-corrected chi connectivity index (χ0v) is 11.8. The molecule has 1 heterocycles. The summed E-state index contributed by atoms with van der Waals surface area (Å²) in [6.45, 7) is -0.0346. The molecule has 3 N–H and O–H groups in total. The molecule has 0 aliphatic heterocycles. The van der Waals surface area contributed by atoms with E-state index in [-0.39, 0.29) is 17.9 Å². The number of benzene rings is 1. The maximum Gasteiger partial charge on any atom is 0.229 e. The van der Waals surface area contributed by atoms with Crippen molar-refractivity contribution in [2.24, 2.45) is 0 Å². The standard InChI is InChI=1S/C13H16ClN5O/c1-15-12-17-11(14)18-13(19-12)16-10(8-20)7-9-5-3-2-4-6-9/h2-6,10,20H,7-8H2,1H3,(H2,15,16,17,18,19). The van der Waals surface area contributed by atoms with Crippen LogP contribution < -0.4 is 10.6 Å². The zero-order chi connectivity index (χ0) is 14.4. The number of nitrogens with zero attached hydrogens (tertiary/aromatic N) is 3. The van der Waals surface area contributed by atoms with Gasteiger partial charge in [-0.3, -0.25) is 0 Å². The molecule has 0 saturated carbocycles. The largest absolute Gasteiger partial charge is 0.394 e. The minimum atomic E-state index is -0.194. The molecule has 0 saturated heterocycles. The topological polar surface area (TPSA) is 83.0 Å². The molecule has 0 spiro atoms. The second kappa shape index (κ2) is 7.02. The van der Waals surface area contributed by atoms with E-state index in [2.05, 4.69) is 25.6 Å². The molecule has 1 aromatic carbocycles. The molecule has 0 radical (unpaired) electrons. The summed E-state index contributed by atoms with van der Waals surface area (Å²) in [4.78, 5) is 12.0. The third-order valence-corrected chi connectivity index (χ3v) is 2.88. The van der Waals surface area contributed by atoms with Crippen molar-refractivity contribution in [1.82, 2.24) is 15.0 Å². The fourth-order valence-corrected chi connectivity index (χ4v) is 1.93. The third kappa shape index (κ3) is 4.04. The summed E-state index contributed by atoms with van der Waals surface area (Å²) in [5.74, 6) is 0.716. The molecular weight excluding hydrogens is 278 g/mol. The maximum atomic E-state index is 9.46. The first-order valence-corrected chi connectivity index (χ1v) is 6.59. The van der Waals surface area contributed by atoms with E-state index in [1.807, 2.05) is 30.3 Å². The van der Waals surface area contributed by atoms with Crippen LogP contribution in [0.4, 0.5) is 11.9 Å². The normalized spacial score (nSPS) is 11.9. The second-order valence-corrected chi connectivity index (χ2v) is 4.55. The van der Waals surface area contributed by atoms with Gasteiger partial charge in [-0.15, -0.1) is 0 Å². The van der Waals surface area contributed by atoms with Gasteiger partial charge in [0.05, 0.1) is 12.6 Å². The Morgan fingerprint density at radius 1 is 1.15 bits per heavy atom. The highest BCUT2D eigenvalue weighted by molar-refractivity contribution is 6.28. The van der Waals surface area contributed by atoms with Crippen LogP contribution in [0.3, 0.4) is 0 Å². The van der Waals surface area contributed by atoms with Crippen molar-refractivity contribution in [3.05, 3.63) is 41.2 Å². The van der Waals surface area contributed by atoms with E-state index in [9.17, 15) is 5.11 Å². The Hall–Kier alpha value is -1.92. The van der Waals surface area contributed by atoms with Gasteiger partial charge in [-0.2, -0.15) is 15.0 Å². The third-order valence-electron chi connectivity index (χ3n) is 2.71. The summed E-state index contributed by atoms with van der Waals surface area (Å²) in [6, 6.07) is 9.69. The number of halogens is 1. The van der Waals surface area contributed by atoms with Crippen LogP contribution in [0.2, 0.25) is 5.28 Å². The van der Waals surface area contributed by atoms with Gasteiger partial charge < -0.3 is 15.7 Å². The van der Waals surface area contributed by atoms with Gasteiger partial charge in [0.25, 0.3) is 0 Å². The smallest absolute Gasteiger partial charge is 0.229 e. The van der Waals surface area contributed by atoms with E-state index in [0.29, 0.717) is 18.3 Å². The lowest BCUT2D eigenvalue weighted by atomic mass is 10.1. The highest BCUT2D eigenvalue weighted by Crippen LogP contribution is 2.12. The van der Waals surface area contributed by atoms with Crippen LogP contribution in [0, 0.1) is 0 Å². The quantitative estimate of drug-likeness (QED) is 0.750. The molecule has 7 heteroatoms. The number of rotatable bonds is 6. The molecule has 106 valence electrons. The number of aromatic nitrogens is 3. The maximum absolute atomic E-state index is 9.46. The SMILES string of the molecule is CNc1nc(Cl)nc(NC(CO)Cc2ccccc2)n1. The average molecular weight is 294 g/mol. The number of aliphatic hydroxyl groups is 1. The molecule has 2 rings (SSSR count). The molecule has 0 aliphatic carbocycles. The van der Waals surface area contributed by atoms with Gasteiger partial charge in [0.1, 0.15) is 0 Å². The molecular formula is C13H16ClN5O. The summed E-state index contributed by atoms with van der Waals surface area (Å²) in [5.41, 5.74) is 1.12. The van der Waals surface area contributed by atoms with Gasteiger partial charge in [0.2, 0.25) is 17.2 Å². The zero-order valence-electron chi connectivity index (χ0n) is 11.0. The molecule has 0 aliphatic rings. The average Bonchev–Trinajstić information content (AvgIpc) is 2.47. The molecule has 0 bridgehead atoms. The number of hydrogen-bond acceptors (Lipinski definition) is 6. The number of nitrogens with one attached hydrogen (secondary N) is 2. The van der Waals surface area contributed by atoms with Crippen LogP contribution in [0.5, 0.6) is 0 Å². The van der Waals surface area contributed by atoms with Crippen molar-refractivity contribution in [3.8, 4) is 0 Å². The van der Waals surface area contributed by atoms with Crippen LogP contribution in [0.25, 0.3) is 0 Å². The first kappa shape index (κ1) is 14.5. The van der Waals surface area contributed by atoms with Gasteiger partial charge >= 0.3 is 0 Å². The Morgan fingerprint density at radius 3 is 2.50 bits per heavy atom. The van der Waals surface area contributed by atoms with Crippen molar-refractivity contribution in [1.29, 1.82) is 0 Å². The lowest BCUT2D eigenvalue weighted by Crippen LogP contribution is -2.27.